The first-order chi connectivity index (χ1) is 13.6. The van der Waals surface area contributed by atoms with Crippen molar-refractivity contribution >= 4 is 29.0 Å². The highest BCUT2D eigenvalue weighted by atomic mass is 16.5. The van der Waals surface area contributed by atoms with Crippen molar-refractivity contribution < 1.29 is 9.53 Å². The number of ether oxygens (including phenoxy) is 1. The van der Waals surface area contributed by atoms with Crippen LogP contribution in [-0.4, -0.2) is 29.5 Å². The van der Waals surface area contributed by atoms with Crippen molar-refractivity contribution in [1.82, 2.24) is 9.97 Å². The Kier molecular flexibility index (Phi) is 6.41. The molecule has 7 heteroatoms. The number of carbonyl (C=O) groups is 1. The van der Waals surface area contributed by atoms with Crippen LogP contribution in [0.15, 0.2) is 60.8 Å². The molecule has 28 heavy (non-hydrogen) atoms. The van der Waals surface area contributed by atoms with Crippen LogP contribution in [0.3, 0.4) is 0 Å². The van der Waals surface area contributed by atoms with E-state index in [1.165, 1.54) is 12.5 Å². The summed E-state index contributed by atoms with van der Waals surface area (Å²) in [6, 6.07) is 17.2. The molecule has 0 fully saturated rings. The monoisotopic (exact) mass is 377 g/mol. The lowest BCUT2D eigenvalue weighted by Gasteiger charge is -2.10. The topological polar surface area (TPSA) is 88.2 Å². The molecule has 0 atom stereocenters. The number of carbonyl (C=O) groups excluding carboxylic acids is 1. The molecular formula is C21H23N5O2. The minimum atomic E-state index is -0.0961. The molecule has 0 saturated heterocycles. The highest BCUT2D eigenvalue weighted by Crippen LogP contribution is 2.18. The number of aromatic nitrogens is 2. The molecule has 0 unspecified atom stereocenters. The Morgan fingerprint density at radius 3 is 2.61 bits per heavy atom. The molecule has 3 aromatic rings. The van der Waals surface area contributed by atoms with Crippen molar-refractivity contribution in [3.63, 3.8) is 0 Å². The molecule has 0 radical (unpaired) electrons. The van der Waals surface area contributed by atoms with E-state index in [9.17, 15) is 4.79 Å². The van der Waals surface area contributed by atoms with E-state index in [4.69, 9.17) is 4.74 Å². The van der Waals surface area contributed by atoms with Gasteiger partial charge >= 0.3 is 0 Å². The molecule has 144 valence electrons. The predicted molar refractivity (Wildman–Crippen MR) is 111 cm³/mol. The Labute approximate surface area is 164 Å². The van der Waals surface area contributed by atoms with Gasteiger partial charge in [0.2, 0.25) is 11.9 Å². The summed E-state index contributed by atoms with van der Waals surface area (Å²) in [7, 11) is 1.66. The van der Waals surface area contributed by atoms with Gasteiger partial charge in [0.05, 0.1) is 7.11 Å². The van der Waals surface area contributed by atoms with Crippen molar-refractivity contribution in [3.8, 4) is 5.75 Å². The van der Waals surface area contributed by atoms with Crippen LogP contribution >= 0.6 is 0 Å². The van der Waals surface area contributed by atoms with Crippen LogP contribution in [0.1, 0.15) is 12.5 Å². The zero-order valence-electron chi connectivity index (χ0n) is 15.9. The Balaban J connectivity index is 1.55. The van der Waals surface area contributed by atoms with Crippen LogP contribution in [0.25, 0.3) is 0 Å². The summed E-state index contributed by atoms with van der Waals surface area (Å²) in [6.07, 6.45) is 2.54. The number of benzene rings is 2. The third-order valence-electron chi connectivity index (χ3n) is 3.96. The van der Waals surface area contributed by atoms with Gasteiger partial charge < -0.3 is 20.7 Å². The average molecular weight is 377 g/mol. The van der Waals surface area contributed by atoms with E-state index in [0.717, 1.165) is 23.5 Å². The van der Waals surface area contributed by atoms with E-state index >= 15 is 0 Å². The molecule has 0 aliphatic carbocycles. The van der Waals surface area contributed by atoms with Crippen LogP contribution in [0, 0.1) is 0 Å². The van der Waals surface area contributed by atoms with Crippen LogP contribution < -0.4 is 20.7 Å². The summed E-state index contributed by atoms with van der Waals surface area (Å²) in [5.74, 6) is 2.00. The Morgan fingerprint density at radius 1 is 1.07 bits per heavy atom. The fourth-order valence-electron chi connectivity index (χ4n) is 2.65. The molecule has 2 aromatic carbocycles. The summed E-state index contributed by atoms with van der Waals surface area (Å²) < 4.78 is 5.24. The second-order valence-electron chi connectivity index (χ2n) is 6.18. The van der Waals surface area contributed by atoms with E-state index in [1.807, 2.05) is 42.5 Å². The van der Waals surface area contributed by atoms with Crippen molar-refractivity contribution in [1.29, 1.82) is 0 Å². The van der Waals surface area contributed by atoms with E-state index in [2.05, 4.69) is 32.0 Å². The highest BCUT2D eigenvalue weighted by Gasteiger charge is 2.02. The molecule has 7 nitrogen and oxygen atoms in total. The molecule has 0 aliphatic heterocycles. The zero-order valence-corrected chi connectivity index (χ0v) is 15.9. The third-order valence-corrected chi connectivity index (χ3v) is 3.96. The molecule has 0 bridgehead atoms. The van der Waals surface area contributed by atoms with Gasteiger partial charge in [-0.15, -0.1) is 0 Å². The standard InChI is InChI=1S/C21H23N5O2/c1-15(27)24-17-6-8-18(9-7-17)25-20-11-13-23-21(26-20)22-12-10-16-4-3-5-19(14-16)28-2/h3-9,11,13-14H,10,12H2,1-2H3,(H,24,27)(H2,22,23,25,26). The van der Waals surface area contributed by atoms with Crippen molar-refractivity contribution in [2.75, 3.05) is 29.6 Å². The first-order valence-corrected chi connectivity index (χ1v) is 8.97. The lowest BCUT2D eigenvalue weighted by molar-refractivity contribution is -0.114. The summed E-state index contributed by atoms with van der Waals surface area (Å²) in [5, 5.41) is 9.20. The normalized spacial score (nSPS) is 10.2. The third kappa shape index (κ3) is 5.70. The van der Waals surface area contributed by atoms with Crippen molar-refractivity contribution in [2.24, 2.45) is 0 Å². The molecule has 0 spiro atoms. The van der Waals surface area contributed by atoms with E-state index in [-0.39, 0.29) is 5.91 Å². The highest BCUT2D eigenvalue weighted by molar-refractivity contribution is 5.88. The van der Waals surface area contributed by atoms with Gasteiger partial charge in [-0.05, 0) is 54.4 Å². The maximum Gasteiger partial charge on any atom is 0.224 e. The Bertz CT molecular complexity index is 928. The minimum Gasteiger partial charge on any atom is -0.497 e. The fourth-order valence-corrected chi connectivity index (χ4v) is 2.65. The van der Waals surface area contributed by atoms with Gasteiger partial charge in [0.15, 0.2) is 0 Å². The van der Waals surface area contributed by atoms with Crippen LogP contribution in [0.4, 0.5) is 23.1 Å². The zero-order chi connectivity index (χ0) is 19.8. The Hall–Kier alpha value is -3.61. The van der Waals surface area contributed by atoms with E-state index in [0.29, 0.717) is 18.3 Å². The van der Waals surface area contributed by atoms with Gasteiger partial charge in [-0.3, -0.25) is 4.79 Å². The molecule has 1 aromatic heterocycles. The number of hydrogen-bond acceptors (Lipinski definition) is 6. The quantitative estimate of drug-likeness (QED) is 0.553. The molecule has 1 heterocycles. The molecule has 0 aliphatic rings. The molecule has 0 saturated carbocycles. The van der Waals surface area contributed by atoms with Crippen LogP contribution in [0.5, 0.6) is 5.75 Å². The maximum atomic E-state index is 11.1. The van der Waals surface area contributed by atoms with Crippen molar-refractivity contribution in [2.45, 2.75) is 13.3 Å². The summed E-state index contributed by atoms with van der Waals surface area (Å²) >= 11 is 0. The summed E-state index contributed by atoms with van der Waals surface area (Å²) in [4.78, 5) is 19.8. The van der Waals surface area contributed by atoms with Crippen LogP contribution in [-0.2, 0) is 11.2 Å². The van der Waals surface area contributed by atoms with Gasteiger partial charge in [0, 0.05) is 31.0 Å². The first-order valence-electron chi connectivity index (χ1n) is 8.97. The number of nitrogens with zero attached hydrogens (tertiary/aromatic N) is 2. The molecular weight excluding hydrogens is 354 g/mol. The fraction of sp³-hybridized carbons (Fsp3) is 0.190. The predicted octanol–water partition coefficient (Wildman–Crippen LogP) is 3.84. The summed E-state index contributed by atoms with van der Waals surface area (Å²) in [6.45, 7) is 2.19. The number of hydrogen-bond donors (Lipinski definition) is 3. The second-order valence-corrected chi connectivity index (χ2v) is 6.18. The number of rotatable bonds is 8. The number of methoxy groups -OCH3 is 1. The Morgan fingerprint density at radius 2 is 1.86 bits per heavy atom. The largest absolute Gasteiger partial charge is 0.497 e. The lowest BCUT2D eigenvalue weighted by atomic mass is 10.1. The smallest absolute Gasteiger partial charge is 0.224 e. The van der Waals surface area contributed by atoms with Gasteiger partial charge in [0.25, 0.3) is 0 Å². The van der Waals surface area contributed by atoms with Crippen molar-refractivity contribution in [3.05, 3.63) is 66.4 Å². The lowest BCUT2D eigenvalue weighted by Crippen LogP contribution is -2.09. The molecule has 3 N–H and O–H groups in total. The van der Waals surface area contributed by atoms with E-state index in [1.54, 1.807) is 19.4 Å². The van der Waals surface area contributed by atoms with Gasteiger partial charge in [0.1, 0.15) is 11.6 Å². The first kappa shape index (κ1) is 19.2. The minimum absolute atomic E-state index is 0.0961. The second kappa shape index (κ2) is 9.36. The maximum absolute atomic E-state index is 11.1. The number of amides is 1. The number of nitrogens with one attached hydrogen (secondary N) is 3. The van der Waals surface area contributed by atoms with Gasteiger partial charge in [-0.25, -0.2) is 4.98 Å². The number of anilines is 4. The van der Waals surface area contributed by atoms with E-state index < -0.39 is 0 Å². The van der Waals surface area contributed by atoms with Gasteiger partial charge in [-0.2, -0.15) is 4.98 Å². The molecule has 1 amide bonds. The SMILES string of the molecule is COc1cccc(CCNc2nccc(Nc3ccc(NC(C)=O)cc3)n2)c1. The van der Waals surface area contributed by atoms with Crippen LogP contribution in [0.2, 0.25) is 0 Å². The summed E-state index contributed by atoms with van der Waals surface area (Å²) in [5.41, 5.74) is 2.80. The molecule has 3 rings (SSSR count). The van der Waals surface area contributed by atoms with Gasteiger partial charge in [-0.1, -0.05) is 12.1 Å². The average Bonchev–Trinajstić information content (AvgIpc) is 2.70.